The van der Waals surface area contributed by atoms with E-state index in [-0.39, 0.29) is 17.1 Å². The van der Waals surface area contributed by atoms with Crippen LogP contribution < -0.4 is 10.4 Å². The third kappa shape index (κ3) is 3.13. The Morgan fingerprint density at radius 1 is 0.964 bits per heavy atom. The predicted molar refractivity (Wildman–Crippen MR) is 113 cm³/mol. The monoisotopic (exact) mass is 376 g/mol. The van der Waals surface area contributed by atoms with E-state index in [4.69, 9.17) is 9.31 Å². The fourth-order valence-corrected chi connectivity index (χ4v) is 3.34. The summed E-state index contributed by atoms with van der Waals surface area (Å²) in [6.45, 7) is 8.16. The van der Waals surface area contributed by atoms with Gasteiger partial charge in [-0.1, -0.05) is 30.3 Å². The number of aromatic amines is 1. The number of hydrogen-bond donors (Lipinski definition) is 1. The van der Waals surface area contributed by atoms with Crippen molar-refractivity contribution in [3.63, 3.8) is 0 Å². The van der Waals surface area contributed by atoms with Gasteiger partial charge in [0.25, 0.3) is 5.91 Å². The second-order valence-corrected chi connectivity index (χ2v) is 8.32. The highest BCUT2D eigenvalue weighted by Gasteiger charge is 2.51. The number of hydrogen-bond acceptors (Lipinski definition) is 3. The topological polar surface area (TPSA) is 54.6 Å². The van der Waals surface area contributed by atoms with E-state index in [9.17, 15) is 4.79 Å². The number of anilines is 1. The molecular formula is C22H25BN2O3. The molecule has 0 unspecified atom stereocenters. The third-order valence-electron chi connectivity index (χ3n) is 5.85. The van der Waals surface area contributed by atoms with Gasteiger partial charge in [-0.3, -0.25) is 4.79 Å². The highest BCUT2D eigenvalue weighted by molar-refractivity contribution is 6.62. The summed E-state index contributed by atoms with van der Waals surface area (Å²) in [5.74, 6) is -0.0837. The van der Waals surface area contributed by atoms with E-state index in [1.165, 1.54) is 0 Å². The van der Waals surface area contributed by atoms with Crippen LogP contribution in [0, 0.1) is 0 Å². The maximum atomic E-state index is 12.9. The molecule has 2 aromatic carbocycles. The molecule has 0 bridgehead atoms. The molecule has 0 atom stereocenters. The fourth-order valence-electron chi connectivity index (χ4n) is 3.34. The van der Waals surface area contributed by atoms with Gasteiger partial charge in [-0.2, -0.15) is 0 Å². The van der Waals surface area contributed by atoms with Crippen molar-refractivity contribution in [3.8, 4) is 0 Å². The number of nitrogens with zero attached hydrogens (tertiary/aromatic N) is 1. The Balaban J connectivity index is 1.62. The molecule has 0 aliphatic carbocycles. The zero-order valence-corrected chi connectivity index (χ0v) is 16.9. The molecule has 4 rings (SSSR count). The molecule has 3 aromatic rings. The zero-order valence-electron chi connectivity index (χ0n) is 16.9. The minimum Gasteiger partial charge on any atom is -0.399 e. The first-order chi connectivity index (χ1) is 13.2. The Hall–Kier alpha value is -2.57. The second kappa shape index (κ2) is 6.50. The molecule has 0 saturated carbocycles. The average molecular weight is 376 g/mol. The van der Waals surface area contributed by atoms with Gasteiger partial charge in [0.1, 0.15) is 5.69 Å². The van der Waals surface area contributed by atoms with Crippen molar-refractivity contribution in [3.05, 3.63) is 60.3 Å². The van der Waals surface area contributed by atoms with E-state index in [1.54, 1.807) is 11.9 Å². The molecule has 1 amide bonds. The third-order valence-corrected chi connectivity index (χ3v) is 5.85. The number of H-pyrrole nitrogens is 1. The van der Waals surface area contributed by atoms with Gasteiger partial charge in [0.15, 0.2) is 0 Å². The van der Waals surface area contributed by atoms with Crippen LogP contribution in [0.4, 0.5) is 5.69 Å². The number of benzene rings is 2. The van der Waals surface area contributed by atoms with Gasteiger partial charge < -0.3 is 19.2 Å². The van der Waals surface area contributed by atoms with Gasteiger partial charge in [0, 0.05) is 18.3 Å². The van der Waals surface area contributed by atoms with Crippen LogP contribution in [0.5, 0.6) is 0 Å². The summed E-state index contributed by atoms with van der Waals surface area (Å²) in [6, 6.07) is 17.4. The number of para-hydroxylation sites is 1. The largest absolute Gasteiger partial charge is 0.494 e. The second-order valence-electron chi connectivity index (χ2n) is 8.32. The summed E-state index contributed by atoms with van der Waals surface area (Å²) in [7, 11) is 1.36. The highest BCUT2D eigenvalue weighted by Crippen LogP contribution is 2.36. The van der Waals surface area contributed by atoms with Crippen molar-refractivity contribution in [1.82, 2.24) is 4.98 Å². The summed E-state index contributed by atoms with van der Waals surface area (Å²) < 4.78 is 12.3. The van der Waals surface area contributed by atoms with E-state index in [0.717, 1.165) is 22.1 Å². The quantitative estimate of drug-likeness (QED) is 0.709. The molecule has 1 fully saturated rings. The lowest BCUT2D eigenvalue weighted by Gasteiger charge is -2.32. The lowest BCUT2D eigenvalue weighted by atomic mass is 9.79. The van der Waals surface area contributed by atoms with Crippen LogP contribution in [-0.4, -0.2) is 36.3 Å². The smallest absolute Gasteiger partial charge is 0.399 e. The standard InChI is InChI=1S/C22H25BN2O3/c1-21(2)22(3,4)28-23(27-21)16-11-12-18-15(13-16)14-19(24-18)20(26)25(5)17-9-7-6-8-10-17/h6-14,24H,1-5H3. The molecule has 28 heavy (non-hydrogen) atoms. The van der Waals surface area contributed by atoms with Crippen molar-refractivity contribution >= 4 is 35.1 Å². The number of amides is 1. The first-order valence-corrected chi connectivity index (χ1v) is 9.49. The number of fused-ring (bicyclic) bond motifs is 1. The van der Waals surface area contributed by atoms with Crippen LogP contribution >= 0.6 is 0 Å². The Morgan fingerprint density at radius 3 is 2.25 bits per heavy atom. The molecule has 1 N–H and O–H groups in total. The molecule has 1 saturated heterocycles. The lowest BCUT2D eigenvalue weighted by molar-refractivity contribution is 0.00578. The van der Waals surface area contributed by atoms with Gasteiger partial charge in [0.05, 0.1) is 11.2 Å². The molecule has 1 aliphatic heterocycles. The summed E-state index contributed by atoms with van der Waals surface area (Å²) >= 11 is 0. The van der Waals surface area contributed by atoms with Gasteiger partial charge >= 0.3 is 7.12 Å². The van der Waals surface area contributed by atoms with Crippen LogP contribution in [0.2, 0.25) is 0 Å². The fraction of sp³-hybridized carbons (Fsp3) is 0.318. The maximum Gasteiger partial charge on any atom is 0.494 e. The first-order valence-electron chi connectivity index (χ1n) is 9.49. The lowest BCUT2D eigenvalue weighted by Crippen LogP contribution is -2.41. The molecule has 144 valence electrons. The number of aromatic nitrogens is 1. The van der Waals surface area contributed by atoms with Crippen molar-refractivity contribution in [2.75, 3.05) is 11.9 Å². The van der Waals surface area contributed by atoms with Crippen LogP contribution in [-0.2, 0) is 9.31 Å². The van der Waals surface area contributed by atoms with Crippen LogP contribution in [0.25, 0.3) is 10.9 Å². The van der Waals surface area contributed by atoms with Crippen molar-refractivity contribution in [1.29, 1.82) is 0 Å². The van der Waals surface area contributed by atoms with Crippen LogP contribution in [0.1, 0.15) is 38.2 Å². The molecule has 6 heteroatoms. The van der Waals surface area contributed by atoms with E-state index < -0.39 is 7.12 Å². The molecule has 0 radical (unpaired) electrons. The normalized spacial score (nSPS) is 17.8. The Bertz CT molecular complexity index is 1010. The molecular weight excluding hydrogens is 351 g/mol. The van der Waals surface area contributed by atoms with Crippen LogP contribution in [0.15, 0.2) is 54.6 Å². The van der Waals surface area contributed by atoms with Gasteiger partial charge in [-0.15, -0.1) is 0 Å². The average Bonchev–Trinajstić information content (AvgIpc) is 3.18. The van der Waals surface area contributed by atoms with Gasteiger partial charge in [0.2, 0.25) is 0 Å². The molecule has 1 aliphatic rings. The summed E-state index contributed by atoms with van der Waals surface area (Å²) in [5.41, 5.74) is 2.48. The van der Waals surface area contributed by atoms with Gasteiger partial charge in [-0.05, 0) is 62.8 Å². The minimum absolute atomic E-state index is 0.0837. The predicted octanol–water partition coefficient (Wildman–Crippen LogP) is 3.74. The number of carbonyl (C=O) groups excluding carboxylic acids is 1. The summed E-state index contributed by atoms with van der Waals surface area (Å²) in [5, 5.41) is 0.956. The van der Waals surface area contributed by atoms with E-state index in [1.807, 2.05) is 82.3 Å². The van der Waals surface area contributed by atoms with Crippen molar-refractivity contribution in [2.45, 2.75) is 38.9 Å². The van der Waals surface area contributed by atoms with E-state index >= 15 is 0 Å². The number of rotatable bonds is 3. The summed E-state index contributed by atoms with van der Waals surface area (Å²) in [6.07, 6.45) is 0. The Morgan fingerprint density at radius 2 is 1.61 bits per heavy atom. The zero-order chi connectivity index (χ0) is 20.1. The molecule has 2 heterocycles. The first kappa shape index (κ1) is 18.8. The molecule has 0 spiro atoms. The highest BCUT2D eigenvalue weighted by atomic mass is 16.7. The van der Waals surface area contributed by atoms with E-state index in [0.29, 0.717) is 5.69 Å². The SMILES string of the molecule is CN(C(=O)c1cc2cc(B3OC(C)(C)C(C)(C)O3)ccc2[nH]1)c1ccccc1. The number of carbonyl (C=O) groups is 1. The molecule has 1 aromatic heterocycles. The number of nitrogens with one attached hydrogen (secondary N) is 1. The molecule has 5 nitrogen and oxygen atoms in total. The maximum absolute atomic E-state index is 12.9. The minimum atomic E-state index is -0.421. The summed E-state index contributed by atoms with van der Waals surface area (Å²) in [4.78, 5) is 17.7. The van der Waals surface area contributed by atoms with Crippen LogP contribution in [0.3, 0.4) is 0 Å². The Labute approximate surface area is 165 Å². The van der Waals surface area contributed by atoms with E-state index in [2.05, 4.69) is 4.98 Å². The van der Waals surface area contributed by atoms with Crippen molar-refractivity contribution < 1.29 is 14.1 Å². The Kier molecular flexibility index (Phi) is 4.36. The van der Waals surface area contributed by atoms with Crippen molar-refractivity contribution in [2.24, 2.45) is 0 Å². The van der Waals surface area contributed by atoms with Gasteiger partial charge in [-0.25, -0.2) is 0 Å².